The summed E-state index contributed by atoms with van der Waals surface area (Å²) in [6.07, 6.45) is 115. The zero-order chi connectivity index (χ0) is 68.6. The van der Waals surface area contributed by atoms with Crippen LogP contribution in [0.3, 0.4) is 0 Å². The molecule has 0 spiro atoms. The van der Waals surface area contributed by atoms with Crippen LogP contribution in [0.25, 0.3) is 0 Å². The molecule has 0 radical (unpaired) electrons. The molecule has 0 saturated carbocycles. The molecular formula is C85H144NO8P. The number of allylic oxidation sites excluding steroid dienone is 26. The fourth-order valence-corrected chi connectivity index (χ4v) is 11.5. The van der Waals surface area contributed by atoms with Crippen molar-refractivity contribution in [3.63, 3.8) is 0 Å². The number of carbonyl (C=O) groups excluding carboxylic acids is 2. The van der Waals surface area contributed by atoms with Crippen molar-refractivity contribution in [2.75, 3.05) is 26.4 Å². The van der Waals surface area contributed by atoms with E-state index in [1.165, 1.54) is 180 Å². The third kappa shape index (κ3) is 78.5. The number of esters is 2. The molecule has 0 aromatic rings. The minimum absolute atomic E-state index is 0.0492. The van der Waals surface area contributed by atoms with Crippen molar-refractivity contribution in [1.82, 2.24) is 0 Å². The Hall–Kier alpha value is -4.37. The van der Waals surface area contributed by atoms with E-state index in [1.807, 2.05) is 0 Å². The number of rotatable bonds is 72. The van der Waals surface area contributed by atoms with Gasteiger partial charge in [-0.2, -0.15) is 0 Å². The van der Waals surface area contributed by atoms with Gasteiger partial charge in [0.25, 0.3) is 0 Å². The van der Waals surface area contributed by atoms with Gasteiger partial charge >= 0.3 is 19.8 Å². The molecule has 0 aliphatic carbocycles. The summed E-state index contributed by atoms with van der Waals surface area (Å²) in [6, 6.07) is 0. The molecule has 542 valence electrons. The van der Waals surface area contributed by atoms with Crippen LogP contribution in [-0.4, -0.2) is 49.3 Å². The van der Waals surface area contributed by atoms with Gasteiger partial charge in [0.2, 0.25) is 0 Å². The number of unbranched alkanes of at least 4 members (excludes halogenated alkanes) is 33. The van der Waals surface area contributed by atoms with Gasteiger partial charge in [-0.25, -0.2) is 4.57 Å². The van der Waals surface area contributed by atoms with E-state index in [-0.39, 0.29) is 38.6 Å². The Balaban J connectivity index is 3.85. The number of phosphoric acid groups is 1. The van der Waals surface area contributed by atoms with Gasteiger partial charge in [0.15, 0.2) is 6.10 Å². The molecular weight excluding hydrogens is 1190 g/mol. The van der Waals surface area contributed by atoms with E-state index in [0.717, 1.165) is 122 Å². The second kappa shape index (κ2) is 78.6. The van der Waals surface area contributed by atoms with Crippen LogP contribution >= 0.6 is 7.82 Å². The highest BCUT2D eigenvalue weighted by atomic mass is 31.2. The number of hydrogen-bond acceptors (Lipinski definition) is 8. The second-order valence-corrected chi connectivity index (χ2v) is 26.9. The highest BCUT2D eigenvalue weighted by Gasteiger charge is 2.26. The lowest BCUT2D eigenvalue weighted by molar-refractivity contribution is -0.161. The van der Waals surface area contributed by atoms with Gasteiger partial charge in [-0.15, -0.1) is 0 Å². The molecule has 0 saturated heterocycles. The molecule has 0 bridgehead atoms. The Morgan fingerprint density at radius 1 is 0.316 bits per heavy atom. The summed E-state index contributed by atoms with van der Waals surface area (Å²) in [6.45, 7) is 3.54. The van der Waals surface area contributed by atoms with Crippen molar-refractivity contribution in [1.29, 1.82) is 0 Å². The van der Waals surface area contributed by atoms with Crippen molar-refractivity contribution in [2.45, 2.75) is 341 Å². The quantitative estimate of drug-likeness (QED) is 0.0264. The van der Waals surface area contributed by atoms with Gasteiger partial charge in [0.1, 0.15) is 6.61 Å². The number of phosphoric ester groups is 1. The largest absolute Gasteiger partial charge is 0.472 e. The van der Waals surface area contributed by atoms with Crippen LogP contribution in [0.5, 0.6) is 0 Å². The van der Waals surface area contributed by atoms with Crippen LogP contribution < -0.4 is 5.73 Å². The lowest BCUT2D eigenvalue weighted by atomic mass is 10.0. The summed E-state index contributed by atoms with van der Waals surface area (Å²) >= 11 is 0. The maximum absolute atomic E-state index is 12.8. The van der Waals surface area contributed by atoms with Crippen molar-refractivity contribution < 1.29 is 37.6 Å². The van der Waals surface area contributed by atoms with Gasteiger partial charge in [-0.1, -0.05) is 358 Å². The third-order valence-electron chi connectivity index (χ3n) is 16.4. The maximum Gasteiger partial charge on any atom is 0.472 e. The molecule has 95 heavy (non-hydrogen) atoms. The summed E-state index contributed by atoms with van der Waals surface area (Å²) in [5, 5.41) is 0. The van der Waals surface area contributed by atoms with Gasteiger partial charge in [0, 0.05) is 19.4 Å². The highest BCUT2D eigenvalue weighted by Crippen LogP contribution is 2.43. The zero-order valence-electron chi connectivity index (χ0n) is 61.1. The molecule has 2 unspecified atom stereocenters. The first kappa shape index (κ1) is 90.6. The fourth-order valence-electron chi connectivity index (χ4n) is 10.7. The minimum atomic E-state index is -4.40. The minimum Gasteiger partial charge on any atom is -0.462 e. The monoisotopic (exact) mass is 1340 g/mol. The van der Waals surface area contributed by atoms with Gasteiger partial charge in [-0.3, -0.25) is 18.6 Å². The van der Waals surface area contributed by atoms with Crippen LogP contribution in [0.4, 0.5) is 0 Å². The lowest BCUT2D eigenvalue weighted by Gasteiger charge is -2.19. The number of hydrogen-bond donors (Lipinski definition) is 2. The second-order valence-electron chi connectivity index (χ2n) is 25.5. The number of nitrogens with two attached hydrogens (primary N) is 1. The van der Waals surface area contributed by atoms with Gasteiger partial charge in [-0.05, 0) is 122 Å². The SMILES string of the molecule is CC/C=C\C/C=C\C/C=C\C/C=C\C/C=C\C/C=C\C/C=C\CCCCCCCCCCCCCCCCCC(=O)OC(COC(=O)CCCCCCCCCCCCCCCCCCCC/C=C\C/C=C\C/C=C\C/C=C\C/C=C\C/C=C\CC)COP(=O)(O)OCCN. The lowest BCUT2D eigenvalue weighted by Crippen LogP contribution is -2.29. The Morgan fingerprint density at radius 2 is 0.547 bits per heavy atom. The molecule has 0 aromatic heterocycles. The van der Waals surface area contributed by atoms with Crippen molar-refractivity contribution in [3.8, 4) is 0 Å². The zero-order valence-corrected chi connectivity index (χ0v) is 62.0. The van der Waals surface area contributed by atoms with Crippen molar-refractivity contribution in [3.05, 3.63) is 158 Å². The molecule has 0 amide bonds. The predicted molar refractivity (Wildman–Crippen MR) is 413 cm³/mol. The van der Waals surface area contributed by atoms with E-state index in [4.69, 9.17) is 24.3 Å². The summed E-state index contributed by atoms with van der Waals surface area (Å²) in [5.74, 6) is -0.822. The van der Waals surface area contributed by atoms with Gasteiger partial charge < -0.3 is 20.1 Å². The first-order valence-corrected chi connectivity index (χ1v) is 40.5. The van der Waals surface area contributed by atoms with Crippen molar-refractivity contribution >= 4 is 19.8 Å². The molecule has 0 aromatic carbocycles. The Bertz CT molecular complexity index is 2120. The van der Waals surface area contributed by atoms with Crippen LogP contribution in [0.2, 0.25) is 0 Å². The Kier molecular flexibility index (Phi) is 75.0. The first-order valence-electron chi connectivity index (χ1n) is 39.0. The molecule has 0 aliphatic rings. The molecule has 3 N–H and O–H groups in total. The number of carbonyl (C=O) groups is 2. The van der Waals surface area contributed by atoms with Crippen LogP contribution in [0.15, 0.2) is 158 Å². The highest BCUT2D eigenvalue weighted by molar-refractivity contribution is 7.47. The van der Waals surface area contributed by atoms with E-state index in [1.54, 1.807) is 0 Å². The van der Waals surface area contributed by atoms with Crippen LogP contribution in [-0.2, 0) is 32.7 Å². The normalized spacial score (nSPS) is 13.8. The average molecular weight is 1340 g/mol. The van der Waals surface area contributed by atoms with Crippen LogP contribution in [0, 0.1) is 0 Å². The van der Waals surface area contributed by atoms with E-state index in [9.17, 15) is 19.0 Å². The van der Waals surface area contributed by atoms with E-state index < -0.39 is 26.5 Å². The third-order valence-corrected chi connectivity index (χ3v) is 17.4. The first-order chi connectivity index (χ1) is 46.8. The smallest absolute Gasteiger partial charge is 0.462 e. The molecule has 0 fully saturated rings. The fraction of sp³-hybridized carbons (Fsp3) is 0.671. The number of ether oxygens (including phenoxy) is 2. The predicted octanol–water partition coefficient (Wildman–Crippen LogP) is 26.3. The van der Waals surface area contributed by atoms with E-state index in [0.29, 0.717) is 6.42 Å². The van der Waals surface area contributed by atoms with Gasteiger partial charge in [0.05, 0.1) is 13.2 Å². The Labute approximate surface area is 585 Å². The molecule has 0 heterocycles. The molecule has 10 heteroatoms. The summed E-state index contributed by atoms with van der Waals surface area (Å²) in [4.78, 5) is 35.5. The molecule has 2 atom stereocenters. The van der Waals surface area contributed by atoms with E-state index >= 15 is 0 Å². The maximum atomic E-state index is 12.8. The van der Waals surface area contributed by atoms with Crippen LogP contribution in [0.1, 0.15) is 335 Å². The van der Waals surface area contributed by atoms with E-state index in [2.05, 4.69) is 172 Å². The summed E-state index contributed by atoms with van der Waals surface area (Å²) in [5.41, 5.74) is 5.41. The average Bonchev–Trinajstić information content (AvgIpc) is 2.64. The molecule has 0 rings (SSSR count). The summed E-state index contributed by atoms with van der Waals surface area (Å²) < 4.78 is 33.3. The molecule has 0 aliphatic heterocycles. The van der Waals surface area contributed by atoms with Crippen molar-refractivity contribution in [2.24, 2.45) is 5.73 Å². The molecule has 9 nitrogen and oxygen atoms in total. The topological polar surface area (TPSA) is 134 Å². The summed E-state index contributed by atoms with van der Waals surface area (Å²) in [7, 11) is -4.40. The Morgan fingerprint density at radius 3 is 0.811 bits per heavy atom. The standard InChI is InChI=1S/C85H144NO8P/c1-3-5-7-9-11-13-15-17-19-21-23-25-27-29-31-33-35-37-39-41-43-45-47-49-51-53-55-57-59-61-63-65-67-69-71-73-75-77-84(87)91-81-83(82-93-95(89,90)92-80-79-86)94-85(88)78-76-74-72-70-68-66-64-62-60-58-56-54-52-50-48-46-44-42-40-38-36-34-32-30-28-26-24-22-20-18-16-14-12-10-8-6-4-2/h5-8,11-14,17-20,23-26,29-32,35-38,42,44,83H,3-4,9-10,15-16,21-22,27-28,33-34,39-41,43,45-82,86H2,1-2H3,(H,89,90)/b7-5-,8-6-,13-11-,14-12-,19-17-,20-18-,25-23-,26-24-,31-29-,32-30-,37-35-,38-36-,44-42-.